The van der Waals surface area contributed by atoms with E-state index in [2.05, 4.69) is 0 Å². The molecule has 2 aliphatic heterocycles. The van der Waals surface area contributed by atoms with E-state index >= 15 is 0 Å². The number of epoxide rings is 2. The van der Waals surface area contributed by atoms with Crippen LogP contribution in [0.5, 0.6) is 11.5 Å². The normalized spacial score (nSPS) is 27.7. The fraction of sp³-hybridized carbons (Fsp3) is 0.682. The monoisotopic (exact) mass is 390 g/mol. The number of hydrogen-bond donors (Lipinski definition) is 0. The quantitative estimate of drug-likeness (QED) is 0.235. The molecule has 1 aliphatic carbocycles. The molecule has 0 spiro atoms. The maximum atomic E-state index is 12.3. The summed E-state index contributed by atoms with van der Waals surface area (Å²) in [6, 6.07) is 7.31. The molecule has 6 heteroatoms. The first-order valence-electron chi connectivity index (χ1n) is 10.6. The van der Waals surface area contributed by atoms with Crippen molar-refractivity contribution in [2.45, 2.75) is 63.3 Å². The summed E-state index contributed by atoms with van der Waals surface area (Å²) in [6.07, 6.45) is 8.06. The lowest BCUT2D eigenvalue weighted by atomic mass is 9.89. The van der Waals surface area contributed by atoms with E-state index < -0.39 is 0 Å². The minimum Gasteiger partial charge on any atom is -0.494 e. The second-order valence-corrected chi connectivity index (χ2v) is 7.91. The minimum absolute atomic E-state index is 0.0351. The maximum Gasteiger partial charge on any atom is 0.314 e. The Labute approximate surface area is 166 Å². The molecule has 0 bridgehead atoms. The average molecular weight is 390 g/mol. The van der Waals surface area contributed by atoms with Crippen LogP contribution in [0, 0.1) is 5.92 Å². The number of ether oxygens (including phenoxy) is 5. The second-order valence-electron chi connectivity index (χ2n) is 7.91. The van der Waals surface area contributed by atoms with Crippen molar-refractivity contribution in [2.24, 2.45) is 5.92 Å². The Balaban J connectivity index is 1.05. The molecule has 154 valence electrons. The molecule has 1 saturated carbocycles. The van der Waals surface area contributed by atoms with Gasteiger partial charge in [0.15, 0.2) is 0 Å². The molecule has 0 aromatic heterocycles. The van der Waals surface area contributed by atoms with Gasteiger partial charge in [0.1, 0.15) is 17.6 Å². The molecule has 6 nitrogen and oxygen atoms in total. The first kappa shape index (κ1) is 19.7. The van der Waals surface area contributed by atoms with E-state index in [4.69, 9.17) is 23.7 Å². The van der Waals surface area contributed by atoms with E-state index in [0.717, 1.165) is 70.5 Å². The van der Waals surface area contributed by atoms with Crippen molar-refractivity contribution < 1.29 is 28.5 Å². The molecule has 3 fully saturated rings. The SMILES string of the molecule is O=C(Oc1ccc(OCCCCCCOCC2CO2)cc1)C1CCC2OC2C1. The van der Waals surface area contributed by atoms with Gasteiger partial charge in [-0.2, -0.15) is 0 Å². The van der Waals surface area contributed by atoms with E-state index in [1.165, 1.54) is 0 Å². The summed E-state index contributed by atoms with van der Waals surface area (Å²) in [5.74, 6) is 1.20. The molecule has 28 heavy (non-hydrogen) atoms. The fourth-order valence-electron chi connectivity index (χ4n) is 3.65. The van der Waals surface area contributed by atoms with Crippen LogP contribution >= 0.6 is 0 Å². The number of esters is 1. The Bertz CT molecular complexity index is 626. The van der Waals surface area contributed by atoms with Crippen LogP contribution in [0.2, 0.25) is 0 Å². The van der Waals surface area contributed by atoms with Gasteiger partial charge in [0.25, 0.3) is 0 Å². The number of carbonyl (C=O) groups is 1. The molecule has 2 saturated heterocycles. The van der Waals surface area contributed by atoms with Crippen LogP contribution in [0.25, 0.3) is 0 Å². The second kappa shape index (κ2) is 9.72. The lowest BCUT2D eigenvalue weighted by molar-refractivity contribution is -0.139. The Morgan fingerprint density at radius 2 is 1.71 bits per heavy atom. The Morgan fingerprint density at radius 3 is 2.46 bits per heavy atom. The molecule has 1 aromatic carbocycles. The zero-order valence-electron chi connectivity index (χ0n) is 16.3. The van der Waals surface area contributed by atoms with Crippen molar-refractivity contribution in [3.8, 4) is 11.5 Å². The fourth-order valence-corrected chi connectivity index (χ4v) is 3.65. The van der Waals surface area contributed by atoms with Crippen LogP contribution in [0.3, 0.4) is 0 Å². The van der Waals surface area contributed by atoms with E-state index in [-0.39, 0.29) is 18.0 Å². The summed E-state index contributed by atoms with van der Waals surface area (Å²) in [5.41, 5.74) is 0. The van der Waals surface area contributed by atoms with Gasteiger partial charge >= 0.3 is 5.97 Å². The van der Waals surface area contributed by atoms with Gasteiger partial charge in [-0.05, 0) is 62.8 Å². The van der Waals surface area contributed by atoms with Crippen molar-refractivity contribution in [3.63, 3.8) is 0 Å². The van der Waals surface area contributed by atoms with Crippen molar-refractivity contribution in [2.75, 3.05) is 26.4 Å². The Morgan fingerprint density at radius 1 is 0.964 bits per heavy atom. The summed E-state index contributed by atoms with van der Waals surface area (Å²) in [6.45, 7) is 3.11. The van der Waals surface area contributed by atoms with Gasteiger partial charge < -0.3 is 23.7 Å². The molecule has 1 aromatic rings. The molecule has 4 rings (SSSR count). The molecule has 2 heterocycles. The molecule has 3 aliphatic rings. The van der Waals surface area contributed by atoms with E-state index in [0.29, 0.717) is 24.6 Å². The van der Waals surface area contributed by atoms with E-state index in [9.17, 15) is 4.79 Å². The standard InChI is InChI=1S/C22H30O6/c23-22(16-5-10-20-21(13-16)28-20)27-18-8-6-17(7-9-18)25-12-4-2-1-3-11-24-14-19-15-26-19/h6-9,16,19-21H,1-5,10-15H2. The molecule has 0 N–H and O–H groups in total. The summed E-state index contributed by atoms with van der Waals surface area (Å²) >= 11 is 0. The highest BCUT2D eigenvalue weighted by molar-refractivity contribution is 5.75. The molecule has 0 amide bonds. The highest BCUT2D eigenvalue weighted by Gasteiger charge is 2.46. The van der Waals surface area contributed by atoms with Gasteiger partial charge in [0, 0.05) is 6.61 Å². The van der Waals surface area contributed by atoms with Crippen molar-refractivity contribution in [1.82, 2.24) is 0 Å². The summed E-state index contributed by atoms with van der Waals surface area (Å²) in [5, 5.41) is 0. The van der Waals surface area contributed by atoms with Crippen LogP contribution in [-0.4, -0.2) is 50.7 Å². The zero-order chi connectivity index (χ0) is 19.2. The minimum atomic E-state index is -0.142. The van der Waals surface area contributed by atoms with Crippen molar-refractivity contribution in [3.05, 3.63) is 24.3 Å². The smallest absolute Gasteiger partial charge is 0.314 e. The molecule has 4 unspecified atom stereocenters. The van der Waals surface area contributed by atoms with Gasteiger partial charge in [-0.3, -0.25) is 4.79 Å². The summed E-state index contributed by atoms with van der Waals surface area (Å²) < 4.78 is 27.4. The van der Waals surface area contributed by atoms with E-state index in [1.807, 2.05) is 12.1 Å². The predicted octanol–water partition coefficient (Wildman–Crippen LogP) is 3.51. The summed E-state index contributed by atoms with van der Waals surface area (Å²) in [7, 11) is 0. The lowest BCUT2D eigenvalue weighted by Gasteiger charge is -2.17. The number of benzene rings is 1. The van der Waals surface area contributed by atoms with Crippen molar-refractivity contribution in [1.29, 1.82) is 0 Å². The highest BCUT2D eigenvalue weighted by Crippen LogP contribution is 2.39. The summed E-state index contributed by atoms with van der Waals surface area (Å²) in [4.78, 5) is 12.3. The van der Waals surface area contributed by atoms with Crippen LogP contribution in [-0.2, 0) is 19.0 Å². The number of unbranched alkanes of at least 4 members (excludes halogenated alkanes) is 3. The number of fused-ring (bicyclic) bond motifs is 1. The number of carbonyl (C=O) groups excluding carboxylic acids is 1. The number of rotatable bonds is 12. The van der Waals surface area contributed by atoms with Crippen LogP contribution in [0.1, 0.15) is 44.9 Å². The third kappa shape index (κ3) is 6.19. The Hall–Kier alpha value is -1.63. The van der Waals surface area contributed by atoms with E-state index in [1.54, 1.807) is 12.1 Å². The van der Waals surface area contributed by atoms with Crippen molar-refractivity contribution >= 4 is 5.97 Å². The molecule has 4 atom stereocenters. The largest absolute Gasteiger partial charge is 0.494 e. The van der Waals surface area contributed by atoms with Crippen LogP contribution in [0.4, 0.5) is 0 Å². The third-order valence-electron chi connectivity index (χ3n) is 5.54. The topological polar surface area (TPSA) is 69.8 Å². The first-order valence-corrected chi connectivity index (χ1v) is 10.6. The molecule has 0 radical (unpaired) electrons. The lowest BCUT2D eigenvalue weighted by Crippen LogP contribution is -2.25. The molecular weight excluding hydrogens is 360 g/mol. The van der Waals surface area contributed by atoms with Gasteiger partial charge in [0.2, 0.25) is 0 Å². The molecular formula is C22H30O6. The van der Waals surface area contributed by atoms with Gasteiger partial charge in [-0.1, -0.05) is 6.42 Å². The maximum absolute atomic E-state index is 12.3. The van der Waals surface area contributed by atoms with Crippen LogP contribution < -0.4 is 9.47 Å². The van der Waals surface area contributed by atoms with Gasteiger partial charge in [0.05, 0.1) is 37.9 Å². The van der Waals surface area contributed by atoms with Gasteiger partial charge in [-0.15, -0.1) is 0 Å². The number of hydrogen-bond acceptors (Lipinski definition) is 6. The highest BCUT2D eigenvalue weighted by atomic mass is 16.6. The first-order chi connectivity index (χ1) is 13.8. The third-order valence-corrected chi connectivity index (χ3v) is 5.54. The van der Waals surface area contributed by atoms with Crippen LogP contribution in [0.15, 0.2) is 24.3 Å². The average Bonchev–Trinajstić information content (AvgIpc) is 3.62. The van der Waals surface area contributed by atoms with Gasteiger partial charge in [-0.25, -0.2) is 0 Å². The predicted molar refractivity (Wildman–Crippen MR) is 103 cm³/mol. The zero-order valence-corrected chi connectivity index (χ0v) is 16.3. The Kier molecular flexibility index (Phi) is 6.83.